The largest absolute Gasteiger partial charge is 0.354 e. The maximum absolute atomic E-state index is 13.9. The summed E-state index contributed by atoms with van der Waals surface area (Å²) in [5.74, 6) is 0. The maximum Gasteiger partial charge on any atom is 0.284 e. The number of benzene rings is 1. The van der Waals surface area contributed by atoms with Crippen molar-refractivity contribution in [1.82, 2.24) is 9.80 Å². The Labute approximate surface area is 201 Å². The van der Waals surface area contributed by atoms with Crippen LogP contribution in [0.4, 0.5) is 4.79 Å². The molecule has 0 saturated carbocycles. The number of hydrogen-bond acceptors (Lipinski definition) is 4. The van der Waals surface area contributed by atoms with Crippen LogP contribution in [0.5, 0.6) is 0 Å². The Kier molecular flexibility index (Phi) is 7.32. The van der Waals surface area contributed by atoms with Gasteiger partial charge in [0.05, 0.1) is 20.2 Å². The van der Waals surface area contributed by atoms with Gasteiger partial charge in [0.1, 0.15) is 5.72 Å². The van der Waals surface area contributed by atoms with Crippen molar-refractivity contribution in [3.8, 4) is 0 Å². The van der Waals surface area contributed by atoms with E-state index in [4.69, 9.17) is 4.74 Å². The van der Waals surface area contributed by atoms with Gasteiger partial charge in [0.2, 0.25) is 0 Å². The molecule has 1 amide bonds. The molecule has 2 aliphatic rings. The number of nitrogens with zero attached hydrogens (tertiary/aromatic N) is 2. The van der Waals surface area contributed by atoms with Crippen molar-refractivity contribution in [2.75, 3.05) is 13.2 Å². The van der Waals surface area contributed by atoms with Crippen LogP contribution in [-0.2, 0) is 11.3 Å². The van der Waals surface area contributed by atoms with E-state index in [0.717, 1.165) is 13.1 Å². The first-order valence-electron chi connectivity index (χ1n) is 12.1. The van der Waals surface area contributed by atoms with Gasteiger partial charge < -0.3 is 4.74 Å². The van der Waals surface area contributed by atoms with E-state index >= 15 is 0 Å². The first-order chi connectivity index (χ1) is 14.7. The number of carbonyl (C=O) groups is 1. The zero-order chi connectivity index (χ0) is 23.9. The van der Waals surface area contributed by atoms with E-state index in [1.54, 1.807) is 11.8 Å². The van der Waals surface area contributed by atoms with E-state index in [1.165, 1.54) is 18.4 Å². The van der Waals surface area contributed by atoms with Gasteiger partial charge >= 0.3 is 0 Å². The highest BCUT2D eigenvalue weighted by molar-refractivity contribution is 8.15. The highest BCUT2D eigenvalue weighted by atomic mass is 32.2. The van der Waals surface area contributed by atoms with Crippen LogP contribution >= 0.6 is 11.8 Å². The van der Waals surface area contributed by atoms with Crippen molar-refractivity contribution in [1.29, 1.82) is 0 Å². The molecule has 2 saturated heterocycles. The van der Waals surface area contributed by atoms with Crippen LogP contribution in [0.2, 0.25) is 18.1 Å². The standard InChI is InChI=1S/C26H44N2O2SSi/c1-24(2,3)32(8,9)22(31-23(29)28-25(4,5)19-30-26(28,6)7)21-16-13-17-27(21)18-20-14-11-10-12-15-20/h10-12,14-15,21-22H,13,16-19H2,1-9H3/t21-,22+/m0/s1. The summed E-state index contributed by atoms with van der Waals surface area (Å²) in [5, 5.41) is 0.386. The Morgan fingerprint density at radius 1 is 1.19 bits per heavy atom. The molecule has 6 heteroatoms. The van der Waals surface area contributed by atoms with Crippen molar-refractivity contribution in [2.24, 2.45) is 0 Å². The van der Waals surface area contributed by atoms with Gasteiger partial charge in [-0.05, 0) is 57.7 Å². The summed E-state index contributed by atoms with van der Waals surface area (Å²) in [6.45, 7) is 23.1. The van der Waals surface area contributed by atoms with Crippen molar-refractivity contribution < 1.29 is 9.53 Å². The monoisotopic (exact) mass is 476 g/mol. The molecular formula is C26H44N2O2SSi. The van der Waals surface area contributed by atoms with E-state index in [2.05, 4.69) is 82.9 Å². The molecule has 32 heavy (non-hydrogen) atoms. The molecule has 1 aromatic carbocycles. The van der Waals surface area contributed by atoms with Gasteiger partial charge in [-0.1, -0.05) is 76.0 Å². The second kappa shape index (κ2) is 9.08. The fourth-order valence-electron chi connectivity index (χ4n) is 5.18. The Morgan fingerprint density at radius 2 is 1.81 bits per heavy atom. The fourth-order valence-corrected chi connectivity index (χ4v) is 11.2. The van der Waals surface area contributed by atoms with Crippen LogP contribution in [0.25, 0.3) is 0 Å². The van der Waals surface area contributed by atoms with Gasteiger partial charge in [0.25, 0.3) is 5.24 Å². The number of thioether (sulfide) groups is 1. The van der Waals surface area contributed by atoms with E-state index < -0.39 is 13.8 Å². The van der Waals surface area contributed by atoms with E-state index in [-0.39, 0.29) is 15.8 Å². The van der Waals surface area contributed by atoms with E-state index in [1.807, 2.05) is 18.7 Å². The Hall–Kier alpha value is -0.823. The molecule has 0 aliphatic carbocycles. The molecule has 180 valence electrons. The quantitative estimate of drug-likeness (QED) is 0.439. The topological polar surface area (TPSA) is 32.8 Å². The molecule has 3 rings (SSSR count). The van der Waals surface area contributed by atoms with Gasteiger partial charge in [-0.15, -0.1) is 0 Å². The normalized spacial score (nSPS) is 24.7. The second-order valence-corrected chi connectivity index (χ2v) is 19.4. The second-order valence-electron chi connectivity index (χ2n) is 12.3. The molecule has 0 radical (unpaired) electrons. The minimum absolute atomic E-state index is 0.180. The van der Waals surface area contributed by atoms with Crippen molar-refractivity contribution in [3.63, 3.8) is 0 Å². The highest BCUT2D eigenvalue weighted by Gasteiger charge is 2.53. The van der Waals surface area contributed by atoms with Crippen LogP contribution in [0.15, 0.2) is 30.3 Å². The lowest BCUT2D eigenvalue weighted by Crippen LogP contribution is -2.58. The van der Waals surface area contributed by atoms with Crippen LogP contribution in [0.1, 0.15) is 66.9 Å². The number of amides is 1. The lowest BCUT2D eigenvalue weighted by atomic mass is 10.1. The molecule has 0 unspecified atom stereocenters. The summed E-state index contributed by atoms with van der Waals surface area (Å²) >= 11 is 1.62. The van der Waals surface area contributed by atoms with Crippen molar-refractivity contribution in [3.05, 3.63) is 35.9 Å². The molecule has 0 spiro atoms. The molecule has 0 aromatic heterocycles. The molecule has 0 bridgehead atoms. The van der Waals surface area contributed by atoms with Crippen LogP contribution in [-0.4, -0.2) is 58.4 Å². The summed E-state index contributed by atoms with van der Waals surface area (Å²) in [4.78, 5) is 18.9. The van der Waals surface area contributed by atoms with Crippen LogP contribution in [0.3, 0.4) is 0 Å². The number of ether oxygens (including phenoxy) is 1. The van der Waals surface area contributed by atoms with Crippen LogP contribution in [0, 0.1) is 0 Å². The maximum atomic E-state index is 13.9. The molecule has 0 N–H and O–H groups in total. The minimum atomic E-state index is -1.83. The number of rotatable bonds is 5. The van der Waals surface area contributed by atoms with Gasteiger partial charge in [0.15, 0.2) is 0 Å². The first-order valence-corrected chi connectivity index (χ1v) is 16.1. The van der Waals surface area contributed by atoms with Crippen molar-refractivity contribution in [2.45, 2.75) is 108 Å². The molecule has 1 aromatic rings. The molecule has 2 atom stereocenters. The molecule has 2 aliphatic heterocycles. The predicted octanol–water partition coefficient (Wildman–Crippen LogP) is 6.77. The van der Waals surface area contributed by atoms with Gasteiger partial charge in [-0.2, -0.15) is 0 Å². The Balaban J connectivity index is 1.91. The molecule has 4 nitrogen and oxygen atoms in total. The summed E-state index contributed by atoms with van der Waals surface area (Å²) < 4.78 is 6.04. The van der Waals surface area contributed by atoms with Gasteiger partial charge in [-0.25, -0.2) is 0 Å². The predicted molar refractivity (Wildman–Crippen MR) is 140 cm³/mol. The average Bonchev–Trinajstić information content (AvgIpc) is 3.20. The lowest BCUT2D eigenvalue weighted by molar-refractivity contribution is -0.0298. The molecule has 2 fully saturated rings. The zero-order valence-electron chi connectivity index (χ0n) is 21.7. The van der Waals surface area contributed by atoms with Gasteiger partial charge in [0, 0.05) is 17.5 Å². The van der Waals surface area contributed by atoms with Crippen LogP contribution < -0.4 is 0 Å². The van der Waals surface area contributed by atoms with Crippen molar-refractivity contribution >= 4 is 25.1 Å². The SMILES string of the molecule is CC1(C)COC(C)(C)N1C(=O)S[C@@H]([C@@H]1CCCN1Cc1ccccc1)[Si](C)(C)C(C)(C)C. The Bertz CT molecular complexity index is 788. The third kappa shape index (κ3) is 5.13. The number of likely N-dealkylation sites (tertiary alicyclic amines) is 1. The average molecular weight is 477 g/mol. The number of hydrogen-bond donors (Lipinski definition) is 0. The summed E-state index contributed by atoms with van der Waals surface area (Å²) in [6, 6.07) is 11.2. The smallest absolute Gasteiger partial charge is 0.284 e. The third-order valence-corrected chi connectivity index (χ3v) is 16.7. The minimum Gasteiger partial charge on any atom is -0.354 e. The highest BCUT2D eigenvalue weighted by Crippen LogP contribution is 2.48. The van der Waals surface area contributed by atoms with E-state index in [9.17, 15) is 4.79 Å². The molecule has 2 heterocycles. The summed E-state index contributed by atoms with van der Waals surface area (Å²) in [5.41, 5.74) is 0.510. The summed E-state index contributed by atoms with van der Waals surface area (Å²) in [7, 11) is -1.83. The summed E-state index contributed by atoms with van der Waals surface area (Å²) in [6.07, 6.45) is 2.38. The number of carbonyl (C=O) groups excluding carboxylic acids is 1. The first kappa shape index (κ1) is 25.8. The Morgan fingerprint density at radius 3 is 2.34 bits per heavy atom. The van der Waals surface area contributed by atoms with E-state index in [0.29, 0.717) is 17.5 Å². The zero-order valence-corrected chi connectivity index (χ0v) is 23.5. The lowest BCUT2D eigenvalue weighted by Gasteiger charge is -2.48. The molecular weight excluding hydrogens is 432 g/mol. The third-order valence-electron chi connectivity index (χ3n) is 7.97. The van der Waals surface area contributed by atoms with Gasteiger partial charge in [-0.3, -0.25) is 14.6 Å². The fraction of sp³-hybridized carbons (Fsp3) is 0.731.